The summed E-state index contributed by atoms with van der Waals surface area (Å²) in [5.41, 5.74) is 2.76. The summed E-state index contributed by atoms with van der Waals surface area (Å²) in [4.78, 5) is 8.96. The second-order valence-corrected chi connectivity index (χ2v) is 5.99. The standard InChI is InChI=1S/C14H14N4O2S/c1-7(2)12-13(21-18-17-12)14-15-8-5-10-11(6-9(8)16-14)20-4-3-19-10/h5-7H,3-4H2,1-2H3,(H,15,16). The zero-order valence-corrected chi connectivity index (χ0v) is 12.5. The third-order valence-electron chi connectivity index (χ3n) is 3.42. The topological polar surface area (TPSA) is 72.9 Å². The molecule has 0 bridgehead atoms. The number of nitrogens with one attached hydrogen (secondary N) is 1. The molecule has 108 valence electrons. The Hall–Kier alpha value is -2.15. The number of imidazole rings is 1. The molecule has 0 amide bonds. The molecule has 0 atom stereocenters. The third kappa shape index (κ3) is 2.04. The molecule has 21 heavy (non-hydrogen) atoms. The number of aromatic nitrogens is 4. The maximum atomic E-state index is 5.60. The van der Waals surface area contributed by atoms with Gasteiger partial charge in [0.05, 0.1) is 16.7 Å². The highest BCUT2D eigenvalue weighted by atomic mass is 32.1. The predicted octanol–water partition coefficient (Wildman–Crippen LogP) is 2.98. The van der Waals surface area contributed by atoms with E-state index in [4.69, 9.17) is 9.47 Å². The summed E-state index contributed by atoms with van der Waals surface area (Å²) in [5.74, 6) is 2.62. The molecule has 0 spiro atoms. The fourth-order valence-electron chi connectivity index (χ4n) is 2.39. The number of rotatable bonds is 2. The highest BCUT2D eigenvalue weighted by Crippen LogP contribution is 2.36. The summed E-state index contributed by atoms with van der Waals surface area (Å²) >= 11 is 1.36. The second kappa shape index (κ2) is 4.70. The average molecular weight is 302 g/mol. The van der Waals surface area contributed by atoms with Crippen molar-refractivity contribution in [2.24, 2.45) is 0 Å². The second-order valence-electron chi connectivity index (χ2n) is 5.24. The van der Waals surface area contributed by atoms with E-state index in [2.05, 4.69) is 33.4 Å². The summed E-state index contributed by atoms with van der Waals surface area (Å²) in [5, 5.41) is 4.20. The molecular weight excluding hydrogens is 288 g/mol. The van der Waals surface area contributed by atoms with E-state index in [-0.39, 0.29) is 0 Å². The molecular formula is C14H14N4O2S. The number of hydrogen-bond donors (Lipinski definition) is 1. The van der Waals surface area contributed by atoms with Crippen molar-refractivity contribution in [3.8, 4) is 22.2 Å². The SMILES string of the molecule is CC(C)c1nnsc1-c1nc2cc3c(cc2[nH]1)OCCO3. The van der Waals surface area contributed by atoms with Crippen molar-refractivity contribution in [2.45, 2.75) is 19.8 Å². The molecule has 7 heteroatoms. The smallest absolute Gasteiger partial charge is 0.163 e. The molecule has 0 saturated heterocycles. The van der Waals surface area contributed by atoms with Crippen LogP contribution in [0.5, 0.6) is 11.5 Å². The van der Waals surface area contributed by atoms with E-state index in [1.807, 2.05) is 12.1 Å². The van der Waals surface area contributed by atoms with Crippen molar-refractivity contribution in [1.29, 1.82) is 0 Å². The van der Waals surface area contributed by atoms with Crippen LogP contribution in [0.15, 0.2) is 12.1 Å². The number of H-pyrrole nitrogens is 1. The van der Waals surface area contributed by atoms with Crippen molar-refractivity contribution < 1.29 is 9.47 Å². The molecule has 1 aliphatic rings. The lowest BCUT2D eigenvalue weighted by Gasteiger charge is -2.17. The Labute approximate surface area is 125 Å². The van der Waals surface area contributed by atoms with Gasteiger partial charge >= 0.3 is 0 Å². The van der Waals surface area contributed by atoms with Crippen LogP contribution < -0.4 is 9.47 Å². The van der Waals surface area contributed by atoms with Crippen molar-refractivity contribution in [2.75, 3.05) is 13.2 Å². The van der Waals surface area contributed by atoms with Crippen molar-refractivity contribution in [3.05, 3.63) is 17.8 Å². The minimum atomic E-state index is 0.312. The number of nitrogens with zero attached hydrogens (tertiary/aromatic N) is 3. The average Bonchev–Trinajstić information content (AvgIpc) is 3.10. The first-order valence-corrected chi connectivity index (χ1v) is 7.61. The first-order valence-electron chi connectivity index (χ1n) is 6.84. The Morgan fingerprint density at radius 1 is 1.19 bits per heavy atom. The summed E-state index contributed by atoms with van der Waals surface area (Å²) in [6, 6.07) is 3.84. The Kier molecular flexibility index (Phi) is 2.81. The fourth-order valence-corrected chi connectivity index (χ4v) is 3.16. The van der Waals surface area contributed by atoms with Gasteiger partial charge in [0.25, 0.3) is 0 Å². The Morgan fingerprint density at radius 3 is 2.71 bits per heavy atom. The molecule has 0 saturated carbocycles. The van der Waals surface area contributed by atoms with Gasteiger partial charge in [-0.3, -0.25) is 0 Å². The fraction of sp³-hybridized carbons (Fsp3) is 0.357. The number of benzene rings is 1. The largest absolute Gasteiger partial charge is 0.486 e. The number of ether oxygens (including phenoxy) is 2. The van der Waals surface area contributed by atoms with Gasteiger partial charge in [-0.15, -0.1) is 5.10 Å². The van der Waals surface area contributed by atoms with Crippen molar-refractivity contribution in [3.63, 3.8) is 0 Å². The molecule has 0 unspecified atom stereocenters. The Morgan fingerprint density at radius 2 is 1.95 bits per heavy atom. The first kappa shape index (κ1) is 12.6. The van der Waals surface area contributed by atoms with E-state index in [1.54, 1.807) is 0 Å². The zero-order valence-electron chi connectivity index (χ0n) is 11.7. The molecule has 0 radical (unpaired) electrons. The van der Waals surface area contributed by atoms with Crippen LogP contribution in [0.3, 0.4) is 0 Å². The van der Waals surface area contributed by atoms with Gasteiger partial charge in [-0.25, -0.2) is 4.98 Å². The molecule has 6 nitrogen and oxygen atoms in total. The van der Waals surface area contributed by atoms with Gasteiger partial charge in [0, 0.05) is 12.1 Å². The molecule has 0 aliphatic carbocycles. The van der Waals surface area contributed by atoms with Crippen LogP contribution in [0.2, 0.25) is 0 Å². The summed E-state index contributed by atoms with van der Waals surface area (Å²) in [6.45, 7) is 5.36. The maximum Gasteiger partial charge on any atom is 0.163 e. The predicted molar refractivity (Wildman–Crippen MR) is 80.1 cm³/mol. The van der Waals surface area contributed by atoms with Crippen LogP contribution in [0.1, 0.15) is 25.5 Å². The van der Waals surface area contributed by atoms with E-state index in [1.165, 1.54) is 11.5 Å². The molecule has 3 heterocycles. The monoisotopic (exact) mass is 302 g/mol. The zero-order chi connectivity index (χ0) is 14.4. The van der Waals surface area contributed by atoms with Crippen molar-refractivity contribution in [1.82, 2.24) is 19.6 Å². The molecule has 2 aromatic heterocycles. The molecule has 1 aromatic carbocycles. The van der Waals surface area contributed by atoms with E-state index in [0.29, 0.717) is 19.1 Å². The maximum absolute atomic E-state index is 5.60. The van der Waals surface area contributed by atoms with Gasteiger partial charge in [0.15, 0.2) is 17.3 Å². The van der Waals surface area contributed by atoms with E-state index >= 15 is 0 Å². The van der Waals surface area contributed by atoms with E-state index in [9.17, 15) is 0 Å². The van der Waals surface area contributed by atoms with Crippen LogP contribution >= 0.6 is 11.5 Å². The molecule has 1 aliphatic heterocycles. The summed E-state index contributed by atoms with van der Waals surface area (Å²) < 4.78 is 15.2. The number of aromatic amines is 1. The van der Waals surface area contributed by atoms with Gasteiger partial charge in [-0.2, -0.15) is 0 Å². The normalized spacial score (nSPS) is 14.0. The molecule has 3 aromatic rings. The number of hydrogen-bond acceptors (Lipinski definition) is 6. The van der Waals surface area contributed by atoms with Gasteiger partial charge in [0.1, 0.15) is 18.1 Å². The lowest BCUT2D eigenvalue weighted by molar-refractivity contribution is 0.172. The quantitative estimate of drug-likeness (QED) is 0.788. The highest BCUT2D eigenvalue weighted by Gasteiger charge is 2.19. The molecule has 4 rings (SSSR count). The minimum absolute atomic E-state index is 0.312. The Bertz CT molecular complexity index is 766. The van der Waals surface area contributed by atoms with Crippen LogP contribution in [-0.4, -0.2) is 32.8 Å². The van der Waals surface area contributed by atoms with Crippen LogP contribution in [0.25, 0.3) is 21.7 Å². The summed E-state index contributed by atoms with van der Waals surface area (Å²) in [7, 11) is 0. The summed E-state index contributed by atoms with van der Waals surface area (Å²) in [6.07, 6.45) is 0. The molecule has 1 N–H and O–H groups in total. The van der Waals surface area contributed by atoms with Crippen LogP contribution in [0, 0.1) is 0 Å². The number of fused-ring (bicyclic) bond motifs is 2. The lowest BCUT2D eigenvalue weighted by atomic mass is 10.1. The lowest BCUT2D eigenvalue weighted by Crippen LogP contribution is -2.15. The van der Waals surface area contributed by atoms with E-state index in [0.717, 1.165) is 38.9 Å². The Balaban J connectivity index is 1.85. The first-order chi connectivity index (χ1) is 10.2. The van der Waals surface area contributed by atoms with Crippen LogP contribution in [-0.2, 0) is 0 Å². The van der Waals surface area contributed by atoms with Crippen molar-refractivity contribution >= 4 is 22.6 Å². The minimum Gasteiger partial charge on any atom is -0.486 e. The van der Waals surface area contributed by atoms with Gasteiger partial charge in [0.2, 0.25) is 0 Å². The third-order valence-corrected chi connectivity index (χ3v) is 4.17. The van der Waals surface area contributed by atoms with Gasteiger partial charge < -0.3 is 14.5 Å². The van der Waals surface area contributed by atoms with Gasteiger partial charge in [-0.05, 0) is 17.5 Å². The van der Waals surface area contributed by atoms with E-state index < -0.39 is 0 Å². The highest BCUT2D eigenvalue weighted by molar-refractivity contribution is 7.09. The van der Waals surface area contributed by atoms with Gasteiger partial charge in [-0.1, -0.05) is 18.3 Å². The molecule has 0 fully saturated rings. The van der Waals surface area contributed by atoms with Crippen LogP contribution in [0.4, 0.5) is 0 Å².